The van der Waals surface area contributed by atoms with Gasteiger partial charge in [-0.1, -0.05) is 58.9 Å². The number of aliphatic imine (C=N–C) groups is 2. The van der Waals surface area contributed by atoms with Gasteiger partial charge in [-0.25, -0.2) is 4.99 Å². The van der Waals surface area contributed by atoms with Crippen LogP contribution in [0.3, 0.4) is 0 Å². The maximum atomic E-state index is 5.30. The average Bonchev–Trinajstić information content (AvgIpc) is 2.41. The zero-order chi connectivity index (χ0) is 13.9. The molecule has 4 heteroatoms. The van der Waals surface area contributed by atoms with Crippen LogP contribution < -0.4 is 5.73 Å². The molecule has 0 saturated heterocycles. The van der Waals surface area contributed by atoms with Crippen molar-refractivity contribution < 1.29 is 0 Å². The summed E-state index contributed by atoms with van der Waals surface area (Å²) in [4.78, 5) is 8.40. The van der Waals surface area contributed by atoms with Gasteiger partial charge in [0.25, 0.3) is 0 Å². The van der Waals surface area contributed by atoms with Crippen molar-refractivity contribution >= 4 is 28.1 Å². The Labute approximate surface area is 122 Å². The third-order valence-corrected chi connectivity index (χ3v) is 2.62. The van der Waals surface area contributed by atoms with E-state index in [-0.39, 0.29) is 0 Å². The summed E-state index contributed by atoms with van der Waals surface area (Å²) in [5.41, 5.74) is 6.41. The number of allylic oxidation sites excluding steroid dienone is 4. The lowest BCUT2D eigenvalue weighted by molar-refractivity contribution is 1.06. The Balaban J connectivity index is 2.75. The van der Waals surface area contributed by atoms with Crippen LogP contribution in [-0.4, -0.2) is 12.2 Å². The van der Waals surface area contributed by atoms with Crippen molar-refractivity contribution in [2.24, 2.45) is 15.7 Å². The molecule has 0 fully saturated rings. The molecule has 0 unspecified atom stereocenters. The van der Waals surface area contributed by atoms with Crippen LogP contribution in [0.5, 0.6) is 0 Å². The van der Waals surface area contributed by atoms with E-state index in [2.05, 4.69) is 32.5 Å². The first-order chi connectivity index (χ1) is 9.26. The van der Waals surface area contributed by atoms with E-state index in [0.29, 0.717) is 12.4 Å². The Hall–Kier alpha value is -1.94. The molecule has 0 spiro atoms. The van der Waals surface area contributed by atoms with Crippen molar-refractivity contribution in [2.75, 3.05) is 0 Å². The second-order valence-electron chi connectivity index (χ2n) is 3.56. The van der Waals surface area contributed by atoms with Gasteiger partial charge in [-0.05, 0) is 23.8 Å². The fraction of sp³-hybridized carbons (Fsp3) is 0.0667. The van der Waals surface area contributed by atoms with Crippen molar-refractivity contribution in [3.63, 3.8) is 0 Å². The molecular weight excluding hydrogens is 302 g/mol. The normalized spacial score (nSPS) is 12.8. The summed E-state index contributed by atoms with van der Waals surface area (Å²) in [5.74, 6) is 0.580. The summed E-state index contributed by atoms with van der Waals surface area (Å²) in [7, 11) is 0. The first-order valence-electron chi connectivity index (χ1n) is 5.75. The SMILES string of the molecule is C=C/C=C\C=C\C(N=CN)=NCc1cccc(Br)c1. The first kappa shape index (κ1) is 15.1. The third kappa shape index (κ3) is 6.52. The number of hydrogen-bond donors (Lipinski definition) is 1. The number of amidine groups is 1. The standard InChI is InChI=1S/C15H16BrN3/c1-2-3-4-5-9-15(19-12-17)18-11-13-7-6-8-14(16)10-13/h2-10,12H,1,11H2,(H2,17,18,19)/b4-3-,9-5+. The summed E-state index contributed by atoms with van der Waals surface area (Å²) < 4.78 is 1.04. The predicted molar refractivity (Wildman–Crippen MR) is 86.4 cm³/mol. The van der Waals surface area contributed by atoms with Gasteiger partial charge in [0.2, 0.25) is 0 Å². The maximum absolute atomic E-state index is 5.30. The summed E-state index contributed by atoms with van der Waals surface area (Å²) >= 11 is 3.43. The lowest BCUT2D eigenvalue weighted by Gasteiger charge is -1.98. The monoisotopic (exact) mass is 317 g/mol. The minimum atomic E-state index is 0.557. The molecule has 1 rings (SSSR count). The lowest BCUT2D eigenvalue weighted by atomic mass is 10.2. The van der Waals surface area contributed by atoms with Crippen molar-refractivity contribution in [3.05, 3.63) is 71.3 Å². The van der Waals surface area contributed by atoms with Crippen LogP contribution in [-0.2, 0) is 6.54 Å². The highest BCUT2D eigenvalue weighted by molar-refractivity contribution is 9.10. The van der Waals surface area contributed by atoms with E-state index in [1.807, 2.05) is 42.5 Å². The summed E-state index contributed by atoms with van der Waals surface area (Å²) in [6, 6.07) is 7.99. The molecule has 0 aliphatic rings. The zero-order valence-electron chi connectivity index (χ0n) is 10.5. The maximum Gasteiger partial charge on any atom is 0.149 e. The third-order valence-electron chi connectivity index (χ3n) is 2.12. The van der Waals surface area contributed by atoms with Crippen molar-refractivity contribution in [3.8, 4) is 0 Å². The average molecular weight is 318 g/mol. The van der Waals surface area contributed by atoms with Crippen LogP contribution in [0.2, 0.25) is 0 Å². The Bertz CT molecular complexity index is 528. The molecule has 0 aromatic heterocycles. The van der Waals surface area contributed by atoms with Crippen molar-refractivity contribution in [1.29, 1.82) is 0 Å². The minimum Gasteiger partial charge on any atom is -0.390 e. The number of benzene rings is 1. The number of halogens is 1. The molecule has 3 nitrogen and oxygen atoms in total. The van der Waals surface area contributed by atoms with Crippen LogP contribution in [0.4, 0.5) is 0 Å². The van der Waals surface area contributed by atoms with Gasteiger partial charge in [0, 0.05) is 4.47 Å². The Morgan fingerprint density at radius 3 is 2.84 bits per heavy atom. The van der Waals surface area contributed by atoms with Gasteiger partial charge in [-0.3, -0.25) is 4.99 Å². The van der Waals surface area contributed by atoms with Crippen LogP contribution in [0.25, 0.3) is 0 Å². The second kappa shape index (κ2) is 9.05. The Kier molecular flexibility index (Phi) is 7.20. The summed E-state index contributed by atoms with van der Waals surface area (Å²) in [5, 5.41) is 0. The molecule has 0 heterocycles. The highest BCUT2D eigenvalue weighted by atomic mass is 79.9. The number of nitrogens with zero attached hydrogens (tertiary/aromatic N) is 2. The van der Waals surface area contributed by atoms with E-state index >= 15 is 0 Å². The van der Waals surface area contributed by atoms with Crippen LogP contribution in [0, 0.1) is 0 Å². The van der Waals surface area contributed by atoms with Gasteiger partial charge in [-0.15, -0.1) is 0 Å². The molecule has 0 bridgehead atoms. The van der Waals surface area contributed by atoms with E-state index in [9.17, 15) is 0 Å². The van der Waals surface area contributed by atoms with Crippen LogP contribution in [0.15, 0.2) is 75.7 Å². The summed E-state index contributed by atoms with van der Waals surface area (Å²) in [6.07, 6.45) is 10.3. The minimum absolute atomic E-state index is 0.557. The molecule has 98 valence electrons. The molecule has 0 aliphatic heterocycles. The van der Waals surface area contributed by atoms with Gasteiger partial charge in [0.1, 0.15) is 5.84 Å². The van der Waals surface area contributed by atoms with E-state index < -0.39 is 0 Å². The van der Waals surface area contributed by atoms with E-state index in [1.165, 1.54) is 6.34 Å². The number of rotatable bonds is 5. The highest BCUT2D eigenvalue weighted by Gasteiger charge is 1.93. The Morgan fingerprint density at radius 1 is 1.32 bits per heavy atom. The fourth-order valence-corrected chi connectivity index (χ4v) is 1.75. The fourth-order valence-electron chi connectivity index (χ4n) is 1.30. The van der Waals surface area contributed by atoms with Gasteiger partial charge in [0.05, 0.1) is 12.9 Å². The molecule has 1 aromatic carbocycles. The molecule has 0 radical (unpaired) electrons. The molecule has 0 aliphatic carbocycles. The van der Waals surface area contributed by atoms with Gasteiger partial charge < -0.3 is 5.73 Å². The van der Waals surface area contributed by atoms with Crippen molar-refractivity contribution in [1.82, 2.24) is 0 Å². The topological polar surface area (TPSA) is 50.7 Å². The van der Waals surface area contributed by atoms with Crippen LogP contribution >= 0.6 is 15.9 Å². The van der Waals surface area contributed by atoms with Gasteiger partial charge in [0.15, 0.2) is 0 Å². The smallest absolute Gasteiger partial charge is 0.149 e. The molecule has 0 saturated carbocycles. The molecular formula is C15H16BrN3. The van der Waals surface area contributed by atoms with Crippen LogP contribution in [0.1, 0.15) is 5.56 Å². The molecule has 0 amide bonds. The largest absolute Gasteiger partial charge is 0.390 e. The Morgan fingerprint density at radius 2 is 2.16 bits per heavy atom. The van der Waals surface area contributed by atoms with Crippen molar-refractivity contribution in [2.45, 2.75) is 6.54 Å². The lowest BCUT2D eigenvalue weighted by Crippen LogP contribution is -1.96. The summed E-state index contributed by atoms with van der Waals surface area (Å²) in [6.45, 7) is 4.15. The van der Waals surface area contributed by atoms with E-state index in [0.717, 1.165) is 10.0 Å². The molecule has 2 N–H and O–H groups in total. The molecule has 19 heavy (non-hydrogen) atoms. The zero-order valence-corrected chi connectivity index (χ0v) is 12.1. The molecule has 0 atom stereocenters. The second-order valence-corrected chi connectivity index (χ2v) is 4.48. The van der Waals surface area contributed by atoms with E-state index in [1.54, 1.807) is 12.2 Å². The number of hydrogen-bond acceptors (Lipinski definition) is 1. The first-order valence-corrected chi connectivity index (χ1v) is 6.54. The van der Waals surface area contributed by atoms with Gasteiger partial charge in [-0.2, -0.15) is 0 Å². The van der Waals surface area contributed by atoms with Gasteiger partial charge >= 0.3 is 0 Å². The van der Waals surface area contributed by atoms with E-state index in [4.69, 9.17) is 5.73 Å². The highest BCUT2D eigenvalue weighted by Crippen LogP contribution is 2.12. The molecule has 1 aromatic rings. The quantitative estimate of drug-likeness (QED) is 0.503. The predicted octanol–water partition coefficient (Wildman–Crippen LogP) is 3.63. The number of nitrogens with two attached hydrogens (primary N) is 1.